The molecule has 9 nitrogen and oxygen atoms in total. The highest BCUT2D eigenvalue weighted by atomic mass is 16.7. The van der Waals surface area contributed by atoms with Crippen LogP contribution in [0.25, 0.3) is 0 Å². The van der Waals surface area contributed by atoms with Crippen molar-refractivity contribution >= 4 is 12.3 Å². The lowest BCUT2D eigenvalue weighted by Crippen LogP contribution is -2.19. The maximum absolute atomic E-state index is 11.4. The van der Waals surface area contributed by atoms with E-state index in [1.807, 2.05) is 78.8 Å². The molecule has 228 valence electrons. The van der Waals surface area contributed by atoms with Crippen molar-refractivity contribution < 1.29 is 37.4 Å². The van der Waals surface area contributed by atoms with E-state index < -0.39 is 18.1 Å². The van der Waals surface area contributed by atoms with Crippen LogP contribution >= 0.6 is 0 Å². The van der Waals surface area contributed by atoms with E-state index in [9.17, 15) is 14.4 Å². The first-order valence-corrected chi connectivity index (χ1v) is 13.5. The van der Waals surface area contributed by atoms with Crippen LogP contribution in [0.1, 0.15) is 99.3 Å². The summed E-state index contributed by atoms with van der Waals surface area (Å²) >= 11 is 0. The SMILES string of the molecule is CC(OC(=O)OCC(C)(C)C)c1ccccc1.CCOC(=O)OCC(C)(C)C.Cc1oc(=O)oc1CC(C)(C)C. The fourth-order valence-electron chi connectivity index (χ4n) is 2.70. The molecular weight excluding hydrogens is 516 g/mol. The first-order valence-electron chi connectivity index (χ1n) is 13.5. The summed E-state index contributed by atoms with van der Waals surface area (Å²) in [5, 5.41) is 0. The third-order valence-electron chi connectivity index (χ3n) is 4.58. The van der Waals surface area contributed by atoms with Crippen LogP contribution in [-0.4, -0.2) is 32.1 Å². The molecular formula is C31H50O9. The number of hydrogen-bond donors (Lipinski definition) is 0. The van der Waals surface area contributed by atoms with Crippen LogP contribution in [0.15, 0.2) is 44.0 Å². The number of aryl methyl sites for hydroxylation is 1. The van der Waals surface area contributed by atoms with E-state index in [1.54, 1.807) is 13.8 Å². The summed E-state index contributed by atoms with van der Waals surface area (Å²) in [6, 6.07) is 9.59. The van der Waals surface area contributed by atoms with E-state index in [-0.39, 0.29) is 22.3 Å². The number of ether oxygens (including phenoxy) is 4. The number of rotatable bonds is 6. The summed E-state index contributed by atoms with van der Waals surface area (Å²) in [6.45, 7) is 24.7. The number of hydrogen-bond acceptors (Lipinski definition) is 9. The molecule has 2 aromatic rings. The minimum atomic E-state index is -0.615. The lowest BCUT2D eigenvalue weighted by molar-refractivity contribution is 0.0112. The molecule has 0 N–H and O–H groups in total. The van der Waals surface area contributed by atoms with Crippen molar-refractivity contribution in [3.63, 3.8) is 0 Å². The van der Waals surface area contributed by atoms with Crippen LogP contribution in [-0.2, 0) is 25.4 Å². The molecule has 0 bridgehead atoms. The molecule has 0 saturated heterocycles. The Morgan fingerprint density at radius 1 is 0.775 bits per heavy atom. The van der Waals surface area contributed by atoms with E-state index in [0.717, 1.165) is 12.0 Å². The average molecular weight is 567 g/mol. The summed E-state index contributed by atoms with van der Waals surface area (Å²) < 4.78 is 29.2. The smallest absolute Gasteiger partial charge is 0.435 e. The largest absolute Gasteiger partial charge is 0.519 e. The van der Waals surface area contributed by atoms with Crippen molar-refractivity contribution in [1.29, 1.82) is 0 Å². The Bertz CT molecular complexity index is 1050. The van der Waals surface area contributed by atoms with Gasteiger partial charge in [-0.1, -0.05) is 92.6 Å². The zero-order chi connectivity index (χ0) is 31.1. The van der Waals surface area contributed by atoms with E-state index in [4.69, 9.17) is 23.0 Å². The molecule has 1 aromatic heterocycles. The van der Waals surface area contributed by atoms with Gasteiger partial charge in [-0.3, -0.25) is 0 Å². The average Bonchev–Trinajstić information content (AvgIpc) is 3.12. The maximum Gasteiger partial charge on any atom is 0.519 e. The van der Waals surface area contributed by atoms with Crippen LogP contribution in [0, 0.1) is 23.2 Å². The van der Waals surface area contributed by atoms with Crippen molar-refractivity contribution in [2.75, 3.05) is 19.8 Å². The molecule has 40 heavy (non-hydrogen) atoms. The van der Waals surface area contributed by atoms with Gasteiger partial charge in [-0.05, 0) is 42.6 Å². The standard InChI is InChI=1S/C14H20O3.C9H14O3.C8H16O3/c1-11(12-8-6-5-7-9-12)17-13(15)16-10-14(2,3)4;1-6-7(5-9(2,3)4)12-8(10)11-6;1-5-10-7(9)11-6-8(2,3)4/h5-9,11H,10H2,1-4H3;5H2,1-4H3;5-6H2,1-4H3. The highest BCUT2D eigenvalue weighted by molar-refractivity contribution is 5.60. The first kappa shape index (κ1) is 36.8. The van der Waals surface area contributed by atoms with Gasteiger partial charge in [0.2, 0.25) is 0 Å². The van der Waals surface area contributed by atoms with Crippen molar-refractivity contribution in [2.45, 2.75) is 95.6 Å². The molecule has 0 radical (unpaired) electrons. The Balaban J connectivity index is 0.000000590. The minimum absolute atomic E-state index is 0.00671. The van der Waals surface area contributed by atoms with E-state index in [0.29, 0.717) is 31.3 Å². The van der Waals surface area contributed by atoms with Gasteiger partial charge in [0.1, 0.15) is 17.6 Å². The molecule has 0 aliphatic carbocycles. The fraction of sp³-hybridized carbons (Fsp3) is 0.645. The molecule has 1 atom stereocenters. The minimum Gasteiger partial charge on any atom is -0.435 e. The third kappa shape index (κ3) is 19.8. The van der Waals surface area contributed by atoms with Crippen LogP contribution in [0.2, 0.25) is 0 Å². The Morgan fingerprint density at radius 2 is 1.27 bits per heavy atom. The summed E-state index contributed by atoms with van der Waals surface area (Å²) in [5.41, 5.74) is 1.03. The number of carbonyl (C=O) groups is 2. The van der Waals surface area contributed by atoms with Crippen LogP contribution < -0.4 is 5.82 Å². The van der Waals surface area contributed by atoms with Gasteiger partial charge in [-0.15, -0.1) is 0 Å². The van der Waals surface area contributed by atoms with Crippen LogP contribution in [0.5, 0.6) is 0 Å². The summed E-state index contributed by atoms with van der Waals surface area (Å²) in [7, 11) is 0. The van der Waals surface area contributed by atoms with Gasteiger partial charge in [0.25, 0.3) is 0 Å². The second kappa shape index (κ2) is 16.8. The number of benzene rings is 1. The van der Waals surface area contributed by atoms with Gasteiger partial charge in [0.05, 0.1) is 19.8 Å². The molecule has 2 rings (SSSR count). The second-order valence-electron chi connectivity index (χ2n) is 13.0. The molecule has 0 aliphatic heterocycles. The maximum atomic E-state index is 11.4. The Morgan fingerprint density at radius 3 is 1.68 bits per heavy atom. The molecule has 1 unspecified atom stereocenters. The molecule has 0 spiro atoms. The Hall–Kier alpha value is -3.23. The summed E-state index contributed by atoms with van der Waals surface area (Å²) in [6.07, 6.45) is -0.757. The molecule has 0 fully saturated rings. The van der Waals surface area contributed by atoms with Gasteiger partial charge in [-0.25, -0.2) is 14.4 Å². The number of carbonyl (C=O) groups excluding carboxylic acids is 2. The predicted octanol–water partition coefficient (Wildman–Crippen LogP) is 8.28. The van der Waals surface area contributed by atoms with Crippen LogP contribution in [0.4, 0.5) is 9.59 Å². The fourth-order valence-corrected chi connectivity index (χ4v) is 2.70. The highest BCUT2D eigenvalue weighted by Gasteiger charge is 2.18. The molecule has 9 heteroatoms. The van der Waals surface area contributed by atoms with Crippen LogP contribution in [0.3, 0.4) is 0 Å². The Labute approximate surface area is 239 Å². The molecule has 1 heterocycles. The summed E-state index contributed by atoms with van der Waals surface area (Å²) in [4.78, 5) is 32.7. The lowest BCUT2D eigenvalue weighted by atomic mass is 9.91. The predicted molar refractivity (Wildman–Crippen MR) is 154 cm³/mol. The van der Waals surface area contributed by atoms with E-state index in [1.165, 1.54) is 0 Å². The van der Waals surface area contributed by atoms with Crippen molar-refractivity contribution in [2.24, 2.45) is 16.2 Å². The quantitative estimate of drug-likeness (QED) is 0.318. The molecule has 0 amide bonds. The van der Waals surface area contributed by atoms with Crippen molar-refractivity contribution in [1.82, 2.24) is 0 Å². The molecule has 1 aromatic carbocycles. The lowest BCUT2D eigenvalue weighted by Gasteiger charge is -2.19. The molecule has 0 saturated carbocycles. The van der Waals surface area contributed by atoms with Gasteiger partial charge in [0.15, 0.2) is 0 Å². The second-order valence-corrected chi connectivity index (χ2v) is 13.0. The first-order chi connectivity index (χ1) is 18.2. The third-order valence-corrected chi connectivity index (χ3v) is 4.58. The van der Waals surface area contributed by atoms with Crippen molar-refractivity contribution in [3.05, 3.63) is 58.0 Å². The summed E-state index contributed by atoms with van der Waals surface area (Å²) in [5.74, 6) is 0.647. The normalized spacial score (nSPS) is 12.1. The van der Waals surface area contributed by atoms with Crippen molar-refractivity contribution in [3.8, 4) is 0 Å². The zero-order valence-electron chi connectivity index (χ0n) is 26.5. The van der Waals surface area contributed by atoms with Gasteiger partial charge in [-0.2, -0.15) is 0 Å². The topological polar surface area (TPSA) is 114 Å². The van der Waals surface area contributed by atoms with Gasteiger partial charge >= 0.3 is 18.1 Å². The van der Waals surface area contributed by atoms with E-state index in [2.05, 4.69) is 25.5 Å². The highest BCUT2D eigenvalue weighted by Crippen LogP contribution is 2.22. The monoisotopic (exact) mass is 566 g/mol. The molecule has 0 aliphatic rings. The van der Waals surface area contributed by atoms with E-state index >= 15 is 0 Å². The van der Waals surface area contributed by atoms with Gasteiger partial charge in [0, 0.05) is 6.42 Å². The zero-order valence-corrected chi connectivity index (χ0v) is 26.5. The van der Waals surface area contributed by atoms with Gasteiger partial charge < -0.3 is 27.8 Å². The Kier molecular flexibility index (Phi) is 15.4.